The van der Waals surface area contributed by atoms with E-state index in [2.05, 4.69) is 5.32 Å². The fourth-order valence-corrected chi connectivity index (χ4v) is 2.15. The van der Waals surface area contributed by atoms with Gasteiger partial charge in [0.05, 0.1) is 5.92 Å². The van der Waals surface area contributed by atoms with Gasteiger partial charge in [0.2, 0.25) is 5.91 Å². The van der Waals surface area contributed by atoms with E-state index in [4.69, 9.17) is 0 Å². The predicted molar refractivity (Wildman–Crippen MR) is 65.7 cm³/mol. The number of piperidine rings is 1. The molecule has 0 aromatic carbocycles. The maximum Gasteiger partial charge on any atom is 0.393 e. The minimum atomic E-state index is -4.19. The molecule has 0 aliphatic carbocycles. The van der Waals surface area contributed by atoms with E-state index in [0.717, 1.165) is 0 Å². The molecule has 108 valence electrons. The quantitative estimate of drug-likeness (QED) is 0.862. The van der Waals surface area contributed by atoms with Gasteiger partial charge in [0.1, 0.15) is 0 Å². The highest BCUT2D eigenvalue weighted by Crippen LogP contribution is 2.33. The SMILES string of the molecule is CNCC(C)C(=O)N1CCCC(C(F)(F)F)C1.Cl. The van der Waals surface area contributed by atoms with Gasteiger partial charge < -0.3 is 10.2 Å². The van der Waals surface area contributed by atoms with Crippen molar-refractivity contribution in [1.82, 2.24) is 10.2 Å². The number of carbonyl (C=O) groups excluding carboxylic acids is 1. The first kappa shape index (κ1) is 17.5. The lowest BCUT2D eigenvalue weighted by Crippen LogP contribution is -2.47. The molecule has 1 N–H and O–H groups in total. The van der Waals surface area contributed by atoms with Crippen LogP contribution in [0.15, 0.2) is 0 Å². The van der Waals surface area contributed by atoms with Gasteiger partial charge in [0, 0.05) is 25.6 Å². The van der Waals surface area contributed by atoms with Gasteiger partial charge >= 0.3 is 6.18 Å². The molecule has 0 spiro atoms. The fourth-order valence-electron chi connectivity index (χ4n) is 2.15. The zero-order chi connectivity index (χ0) is 13.1. The third-order valence-electron chi connectivity index (χ3n) is 3.13. The molecular formula is C11H20ClF3N2O. The molecular weight excluding hydrogens is 269 g/mol. The molecule has 18 heavy (non-hydrogen) atoms. The van der Waals surface area contributed by atoms with Crippen LogP contribution in [0.3, 0.4) is 0 Å². The van der Waals surface area contributed by atoms with E-state index >= 15 is 0 Å². The van der Waals surface area contributed by atoms with Gasteiger partial charge in [-0.1, -0.05) is 6.92 Å². The van der Waals surface area contributed by atoms with E-state index in [1.54, 1.807) is 14.0 Å². The Morgan fingerprint density at radius 2 is 2.11 bits per heavy atom. The summed E-state index contributed by atoms with van der Waals surface area (Å²) in [6, 6.07) is 0. The highest BCUT2D eigenvalue weighted by atomic mass is 35.5. The Bertz CT molecular complexity index is 274. The van der Waals surface area contributed by atoms with Crippen LogP contribution in [0.2, 0.25) is 0 Å². The van der Waals surface area contributed by atoms with Crippen LogP contribution in [0, 0.1) is 11.8 Å². The molecule has 2 unspecified atom stereocenters. The minimum absolute atomic E-state index is 0. The van der Waals surface area contributed by atoms with Gasteiger partial charge in [-0.05, 0) is 19.9 Å². The molecule has 1 heterocycles. The minimum Gasteiger partial charge on any atom is -0.342 e. The number of carbonyl (C=O) groups is 1. The second-order valence-electron chi connectivity index (χ2n) is 4.62. The van der Waals surface area contributed by atoms with Gasteiger partial charge in [-0.25, -0.2) is 0 Å². The van der Waals surface area contributed by atoms with Crippen molar-refractivity contribution in [1.29, 1.82) is 0 Å². The largest absolute Gasteiger partial charge is 0.393 e. The highest BCUT2D eigenvalue weighted by molar-refractivity contribution is 5.85. The van der Waals surface area contributed by atoms with Crippen molar-refractivity contribution >= 4 is 18.3 Å². The maximum absolute atomic E-state index is 12.6. The Morgan fingerprint density at radius 3 is 2.61 bits per heavy atom. The van der Waals surface area contributed by atoms with Crippen LogP contribution >= 0.6 is 12.4 Å². The summed E-state index contributed by atoms with van der Waals surface area (Å²) >= 11 is 0. The topological polar surface area (TPSA) is 32.3 Å². The number of nitrogens with one attached hydrogen (secondary N) is 1. The van der Waals surface area contributed by atoms with Gasteiger partial charge in [-0.3, -0.25) is 4.79 Å². The number of alkyl halides is 3. The first-order chi connectivity index (χ1) is 7.86. The molecule has 1 saturated heterocycles. The number of nitrogens with zero attached hydrogens (tertiary/aromatic N) is 1. The molecule has 0 bridgehead atoms. The van der Waals surface area contributed by atoms with Crippen molar-refractivity contribution in [3.63, 3.8) is 0 Å². The molecule has 7 heteroatoms. The maximum atomic E-state index is 12.6. The Labute approximate surface area is 112 Å². The standard InChI is InChI=1S/C11H19F3N2O.ClH/c1-8(6-15-2)10(17)16-5-3-4-9(7-16)11(12,13)14;/h8-9,15H,3-7H2,1-2H3;1H. The molecule has 1 rings (SSSR count). The van der Waals surface area contributed by atoms with E-state index in [-0.39, 0.29) is 37.2 Å². The van der Waals surface area contributed by atoms with E-state index < -0.39 is 12.1 Å². The van der Waals surface area contributed by atoms with E-state index in [9.17, 15) is 18.0 Å². The number of amides is 1. The van der Waals surface area contributed by atoms with Crippen molar-refractivity contribution in [2.45, 2.75) is 25.9 Å². The van der Waals surface area contributed by atoms with Gasteiger partial charge in [0.15, 0.2) is 0 Å². The third kappa shape index (κ3) is 4.65. The Hall–Kier alpha value is -0.490. The van der Waals surface area contributed by atoms with E-state index in [1.807, 2.05) is 0 Å². The molecule has 0 saturated carbocycles. The molecule has 0 aromatic rings. The molecule has 0 radical (unpaired) electrons. The number of halogens is 4. The summed E-state index contributed by atoms with van der Waals surface area (Å²) in [6.45, 7) is 2.48. The van der Waals surface area contributed by atoms with Crippen molar-refractivity contribution in [2.24, 2.45) is 11.8 Å². The lowest BCUT2D eigenvalue weighted by Gasteiger charge is -2.35. The van der Waals surface area contributed by atoms with Crippen molar-refractivity contribution in [2.75, 3.05) is 26.7 Å². The molecule has 0 aromatic heterocycles. The first-order valence-corrected chi connectivity index (χ1v) is 5.86. The molecule has 1 fully saturated rings. The summed E-state index contributed by atoms with van der Waals surface area (Å²) in [7, 11) is 1.72. The average molecular weight is 289 g/mol. The fraction of sp³-hybridized carbons (Fsp3) is 0.909. The summed E-state index contributed by atoms with van der Waals surface area (Å²) in [5, 5.41) is 2.86. The molecule has 1 aliphatic heterocycles. The van der Waals surface area contributed by atoms with Crippen molar-refractivity contribution < 1.29 is 18.0 Å². The summed E-state index contributed by atoms with van der Waals surface area (Å²) in [5.74, 6) is -1.82. The monoisotopic (exact) mass is 288 g/mol. The number of hydrogen-bond donors (Lipinski definition) is 1. The average Bonchev–Trinajstić information content (AvgIpc) is 2.27. The molecule has 2 atom stereocenters. The van der Waals surface area contributed by atoms with Crippen LogP contribution in [0.25, 0.3) is 0 Å². The van der Waals surface area contributed by atoms with Gasteiger partial charge in [-0.2, -0.15) is 13.2 Å². The first-order valence-electron chi connectivity index (χ1n) is 5.86. The highest BCUT2D eigenvalue weighted by Gasteiger charge is 2.42. The Kier molecular flexibility index (Phi) is 6.99. The Morgan fingerprint density at radius 1 is 1.50 bits per heavy atom. The summed E-state index contributed by atoms with van der Waals surface area (Å²) < 4.78 is 37.7. The lowest BCUT2D eigenvalue weighted by molar-refractivity contribution is -0.188. The van der Waals surface area contributed by atoms with Gasteiger partial charge in [0.25, 0.3) is 0 Å². The second-order valence-corrected chi connectivity index (χ2v) is 4.62. The van der Waals surface area contributed by atoms with Gasteiger partial charge in [-0.15, -0.1) is 12.4 Å². The normalized spacial score (nSPS) is 22.3. The number of hydrogen-bond acceptors (Lipinski definition) is 2. The second kappa shape index (κ2) is 7.19. The summed E-state index contributed by atoms with van der Waals surface area (Å²) in [4.78, 5) is 13.2. The Balaban J connectivity index is 0.00000289. The predicted octanol–water partition coefficient (Wildman–Crippen LogP) is 2.06. The molecule has 3 nitrogen and oxygen atoms in total. The third-order valence-corrected chi connectivity index (χ3v) is 3.13. The van der Waals surface area contributed by atoms with Crippen LogP contribution < -0.4 is 5.32 Å². The van der Waals surface area contributed by atoms with Crippen LogP contribution in [-0.2, 0) is 4.79 Å². The molecule has 1 amide bonds. The van der Waals surface area contributed by atoms with Crippen LogP contribution in [0.5, 0.6) is 0 Å². The van der Waals surface area contributed by atoms with Crippen LogP contribution in [0.1, 0.15) is 19.8 Å². The molecule has 1 aliphatic rings. The van der Waals surface area contributed by atoms with E-state index in [0.29, 0.717) is 19.5 Å². The summed E-state index contributed by atoms with van der Waals surface area (Å²) in [6.07, 6.45) is -3.62. The van der Waals surface area contributed by atoms with Crippen LogP contribution in [0.4, 0.5) is 13.2 Å². The van der Waals surface area contributed by atoms with E-state index in [1.165, 1.54) is 4.90 Å². The lowest BCUT2D eigenvalue weighted by atomic mass is 9.96. The number of rotatable bonds is 3. The van der Waals surface area contributed by atoms with Crippen molar-refractivity contribution in [3.05, 3.63) is 0 Å². The smallest absolute Gasteiger partial charge is 0.342 e. The van der Waals surface area contributed by atoms with Crippen LogP contribution in [-0.4, -0.2) is 43.7 Å². The zero-order valence-corrected chi connectivity index (χ0v) is 11.4. The summed E-state index contributed by atoms with van der Waals surface area (Å²) in [5.41, 5.74) is 0. The zero-order valence-electron chi connectivity index (χ0n) is 10.6. The van der Waals surface area contributed by atoms with Crippen molar-refractivity contribution in [3.8, 4) is 0 Å². The number of likely N-dealkylation sites (tertiary alicyclic amines) is 1.